The van der Waals surface area contributed by atoms with Gasteiger partial charge in [0.2, 0.25) is 0 Å². The molecule has 1 N–H and O–H groups in total. The highest BCUT2D eigenvalue weighted by molar-refractivity contribution is 7.99. The van der Waals surface area contributed by atoms with Crippen molar-refractivity contribution in [3.63, 3.8) is 0 Å². The van der Waals surface area contributed by atoms with Crippen LogP contribution in [0.15, 0.2) is 12.7 Å². The van der Waals surface area contributed by atoms with Gasteiger partial charge >= 0.3 is 0 Å². The van der Waals surface area contributed by atoms with Crippen LogP contribution in [-0.2, 0) is 4.84 Å². The standard InChI is InChI=1S/C8H15NOS/c1-3-7(2)10-9-8-4-5-11-6-8/h3,7-9H,1,4-6H2,2H3. The molecular weight excluding hydrogens is 158 g/mol. The third-order valence-electron chi connectivity index (χ3n) is 1.68. The molecule has 3 heteroatoms. The summed E-state index contributed by atoms with van der Waals surface area (Å²) in [5, 5.41) is 0. The molecule has 0 radical (unpaired) electrons. The Balaban J connectivity index is 2.06. The Morgan fingerprint density at radius 1 is 1.82 bits per heavy atom. The van der Waals surface area contributed by atoms with Crippen molar-refractivity contribution in [1.82, 2.24) is 5.48 Å². The van der Waals surface area contributed by atoms with E-state index in [1.54, 1.807) is 6.08 Å². The molecule has 11 heavy (non-hydrogen) atoms. The van der Waals surface area contributed by atoms with Gasteiger partial charge in [-0.2, -0.15) is 17.2 Å². The maximum Gasteiger partial charge on any atom is 0.0940 e. The second-order valence-corrected chi connectivity index (χ2v) is 3.89. The molecule has 1 rings (SSSR count). The zero-order valence-corrected chi connectivity index (χ0v) is 7.69. The predicted octanol–water partition coefficient (Wildman–Crippen LogP) is 1.59. The van der Waals surface area contributed by atoms with Crippen molar-refractivity contribution in [2.45, 2.75) is 25.5 Å². The zero-order chi connectivity index (χ0) is 8.10. The molecule has 0 aromatic rings. The molecule has 1 aliphatic heterocycles. The average molecular weight is 173 g/mol. The maximum absolute atomic E-state index is 5.29. The molecule has 64 valence electrons. The van der Waals surface area contributed by atoms with E-state index < -0.39 is 0 Å². The largest absolute Gasteiger partial charge is 0.294 e. The number of thioether (sulfide) groups is 1. The van der Waals surface area contributed by atoms with E-state index in [9.17, 15) is 0 Å². The molecule has 2 atom stereocenters. The first-order valence-electron chi connectivity index (χ1n) is 3.94. The SMILES string of the molecule is C=CC(C)ONC1CCSC1. The lowest BCUT2D eigenvalue weighted by Gasteiger charge is -2.13. The fourth-order valence-electron chi connectivity index (χ4n) is 0.879. The van der Waals surface area contributed by atoms with Crippen LogP contribution in [0.2, 0.25) is 0 Å². The molecule has 2 unspecified atom stereocenters. The normalized spacial score (nSPS) is 26.8. The van der Waals surface area contributed by atoms with Crippen molar-refractivity contribution in [2.24, 2.45) is 0 Å². The second kappa shape index (κ2) is 4.80. The molecule has 0 aliphatic carbocycles. The molecule has 1 fully saturated rings. The van der Waals surface area contributed by atoms with Crippen LogP contribution in [0.3, 0.4) is 0 Å². The van der Waals surface area contributed by atoms with Gasteiger partial charge in [-0.1, -0.05) is 6.08 Å². The first kappa shape index (κ1) is 9.10. The summed E-state index contributed by atoms with van der Waals surface area (Å²) in [6.45, 7) is 5.61. The van der Waals surface area contributed by atoms with E-state index in [1.165, 1.54) is 17.9 Å². The van der Waals surface area contributed by atoms with Crippen LogP contribution in [0.4, 0.5) is 0 Å². The minimum absolute atomic E-state index is 0.112. The van der Waals surface area contributed by atoms with Crippen LogP contribution in [0, 0.1) is 0 Å². The molecule has 1 heterocycles. The molecule has 0 aromatic heterocycles. The Labute approximate surface area is 72.3 Å². The maximum atomic E-state index is 5.29. The van der Waals surface area contributed by atoms with Crippen LogP contribution < -0.4 is 5.48 Å². The highest BCUT2D eigenvalue weighted by Crippen LogP contribution is 2.16. The summed E-state index contributed by atoms with van der Waals surface area (Å²) in [5.41, 5.74) is 3.04. The van der Waals surface area contributed by atoms with Gasteiger partial charge in [-0.3, -0.25) is 4.84 Å². The fourth-order valence-corrected chi connectivity index (χ4v) is 2.02. The summed E-state index contributed by atoms with van der Waals surface area (Å²) in [5.74, 6) is 2.42. The zero-order valence-electron chi connectivity index (χ0n) is 6.88. The highest BCUT2D eigenvalue weighted by Gasteiger charge is 2.15. The topological polar surface area (TPSA) is 21.3 Å². The van der Waals surface area contributed by atoms with E-state index >= 15 is 0 Å². The number of nitrogens with one attached hydrogen (secondary N) is 1. The van der Waals surface area contributed by atoms with Crippen molar-refractivity contribution in [1.29, 1.82) is 0 Å². The lowest BCUT2D eigenvalue weighted by Crippen LogP contribution is -2.31. The van der Waals surface area contributed by atoms with E-state index in [-0.39, 0.29) is 6.10 Å². The van der Waals surface area contributed by atoms with Crippen molar-refractivity contribution in [3.8, 4) is 0 Å². The molecule has 0 saturated carbocycles. The molecule has 0 amide bonds. The summed E-state index contributed by atoms with van der Waals surface area (Å²) in [6.07, 6.45) is 3.12. The summed E-state index contributed by atoms with van der Waals surface area (Å²) >= 11 is 1.97. The van der Waals surface area contributed by atoms with Crippen molar-refractivity contribution >= 4 is 11.8 Å². The Bertz CT molecular complexity index is 123. The van der Waals surface area contributed by atoms with Gasteiger partial charge in [0.05, 0.1) is 6.10 Å². The van der Waals surface area contributed by atoms with Gasteiger partial charge in [0, 0.05) is 11.8 Å². The van der Waals surface area contributed by atoms with Crippen LogP contribution in [0.1, 0.15) is 13.3 Å². The first-order valence-corrected chi connectivity index (χ1v) is 5.10. The van der Waals surface area contributed by atoms with Crippen LogP contribution in [0.25, 0.3) is 0 Å². The molecule has 0 bridgehead atoms. The third-order valence-corrected chi connectivity index (χ3v) is 2.84. The predicted molar refractivity (Wildman–Crippen MR) is 49.6 cm³/mol. The van der Waals surface area contributed by atoms with E-state index in [4.69, 9.17) is 4.84 Å². The second-order valence-electron chi connectivity index (χ2n) is 2.74. The quantitative estimate of drug-likeness (QED) is 0.515. The van der Waals surface area contributed by atoms with Crippen molar-refractivity contribution < 1.29 is 4.84 Å². The van der Waals surface area contributed by atoms with E-state index in [1.807, 2.05) is 18.7 Å². The van der Waals surface area contributed by atoms with E-state index in [0.29, 0.717) is 6.04 Å². The number of hydrogen-bond acceptors (Lipinski definition) is 3. The summed E-state index contributed by atoms with van der Waals surface area (Å²) in [6, 6.07) is 0.544. The smallest absolute Gasteiger partial charge is 0.0940 e. The molecule has 0 spiro atoms. The van der Waals surface area contributed by atoms with Gasteiger partial charge < -0.3 is 0 Å². The minimum atomic E-state index is 0.112. The number of hydroxylamine groups is 1. The molecular formula is C8H15NOS. The monoisotopic (exact) mass is 173 g/mol. The molecule has 2 nitrogen and oxygen atoms in total. The Morgan fingerprint density at radius 2 is 2.64 bits per heavy atom. The summed E-state index contributed by atoms with van der Waals surface area (Å²) < 4.78 is 0. The summed E-state index contributed by atoms with van der Waals surface area (Å²) in [7, 11) is 0. The molecule has 1 aliphatic rings. The number of rotatable bonds is 4. The van der Waals surface area contributed by atoms with E-state index in [0.717, 1.165) is 0 Å². The van der Waals surface area contributed by atoms with Gasteiger partial charge in [0.25, 0.3) is 0 Å². The number of hydrogen-bond donors (Lipinski definition) is 1. The lowest BCUT2D eigenvalue weighted by atomic mass is 10.3. The Morgan fingerprint density at radius 3 is 3.18 bits per heavy atom. The fraction of sp³-hybridized carbons (Fsp3) is 0.750. The average Bonchev–Trinajstić information content (AvgIpc) is 2.52. The van der Waals surface area contributed by atoms with Gasteiger partial charge in [0.1, 0.15) is 0 Å². The van der Waals surface area contributed by atoms with Crippen LogP contribution in [-0.4, -0.2) is 23.7 Å². The van der Waals surface area contributed by atoms with Gasteiger partial charge in [0.15, 0.2) is 0 Å². The van der Waals surface area contributed by atoms with Crippen molar-refractivity contribution in [3.05, 3.63) is 12.7 Å². The first-order chi connectivity index (χ1) is 5.33. The van der Waals surface area contributed by atoms with Gasteiger partial charge in [-0.15, -0.1) is 6.58 Å². The minimum Gasteiger partial charge on any atom is -0.294 e. The highest BCUT2D eigenvalue weighted by atomic mass is 32.2. The van der Waals surface area contributed by atoms with Crippen LogP contribution in [0.5, 0.6) is 0 Å². The lowest BCUT2D eigenvalue weighted by molar-refractivity contribution is -0.00711. The summed E-state index contributed by atoms with van der Waals surface area (Å²) in [4.78, 5) is 5.29. The molecule has 1 saturated heterocycles. The van der Waals surface area contributed by atoms with Gasteiger partial charge in [-0.25, -0.2) is 0 Å². The third kappa shape index (κ3) is 3.27. The molecule has 0 aromatic carbocycles. The Kier molecular flexibility index (Phi) is 3.97. The van der Waals surface area contributed by atoms with Crippen molar-refractivity contribution in [2.75, 3.05) is 11.5 Å². The van der Waals surface area contributed by atoms with E-state index in [2.05, 4.69) is 12.1 Å². The Hall–Kier alpha value is 0.0100. The van der Waals surface area contributed by atoms with Gasteiger partial charge in [-0.05, 0) is 19.1 Å². The van der Waals surface area contributed by atoms with Crippen LogP contribution >= 0.6 is 11.8 Å².